The highest BCUT2D eigenvalue weighted by Gasteiger charge is 2.10. The van der Waals surface area contributed by atoms with Gasteiger partial charge in [0.15, 0.2) is 0 Å². The third-order valence-electron chi connectivity index (χ3n) is 1.59. The van der Waals surface area contributed by atoms with Crippen LogP contribution in [0.5, 0.6) is 0 Å². The van der Waals surface area contributed by atoms with E-state index in [9.17, 15) is 0 Å². The van der Waals surface area contributed by atoms with Crippen LogP contribution in [0.25, 0.3) is 0 Å². The molecule has 1 aliphatic rings. The van der Waals surface area contributed by atoms with Crippen LogP contribution in [0.4, 0.5) is 0 Å². The Labute approximate surface area is 55.0 Å². The first-order chi connectivity index (χ1) is 3.93. The molecule has 0 bridgehead atoms. The van der Waals surface area contributed by atoms with Gasteiger partial charge in [0.25, 0.3) is 0 Å². The van der Waals surface area contributed by atoms with Crippen molar-refractivity contribution in [3.05, 3.63) is 0 Å². The van der Waals surface area contributed by atoms with Gasteiger partial charge >= 0.3 is 0 Å². The smallest absolute Gasteiger partial charge is 0.00271 e. The first-order valence-corrected chi connectivity index (χ1v) is 4.37. The molecule has 1 saturated heterocycles. The molecule has 0 spiro atoms. The van der Waals surface area contributed by atoms with Crippen LogP contribution in [0.1, 0.15) is 12.8 Å². The van der Waals surface area contributed by atoms with Gasteiger partial charge in [-0.25, -0.2) is 0 Å². The van der Waals surface area contributed by atoms with Crippen molar-refractivity contribution < 1.29 is 0 Å². The molecule has 0 aromatic heterocycles. The zero-order valence-electron chi connectivity index (χ0n) is 5.10. The summed E-state index contributed by atoms with van der Waals surface area (Å²) in [6, 6.07) is 0. The van der Waals surface area contributed by atoms with E-state index in [1.807, 2.05) is 11.8 Å². The van der Waals surface area contributed by atoms with Crippen molar-refractivity contribution in [2.75, 3.05) is 18.1 Å². The fourth-order valence-electron chi connectivity index (χ4n) is 0.993. The molecule has 1 aliphatic heterocycles. The Kier molecular flexibility index (Phi) is 2.70. The molecule has 8 heavy (non-hydrogen) atoms. The van der Waals surface area contributed by atoms with Gasteiger partial charge in [0.2, 0.25) is 0 Å². The molecule has 0 amide bonds. The summed E-state index contributed by atoms with van der Waals surface area (Å²) >= 11 is 2.05. The van der Waals surface area contributed by atoms with Gasteiger partial charge in [0, 0.05) is 0 Å². The van der Waals surface area contributed by atoms with E-state index in [0.717, 1.165) is 12.5 Å². The molecule has 0 aromatic carbocycles. The van der Waals surface area contributed by atoms with Crippen molar-refractivity contribution in [2.24, 2.45) is 11.7 Å². The zero-order valence-corrected chi connectivity index (χ0v) is 5.91. The van der Waals surface area contributed by atoms with E-state index >= 15 is 0 Å². The number of rotatable bonds is 1. The Morgan fingerprint density at radius 1 is 1.62 bits per heavy atom. The van der Waals surface area contributed by atoms with E-state index in [1.165, 1.54) is 24.3 Å². The van der Waals surface area contributed by atoms with Crippen LogP contribution in [0, 0.1) is 5.92 Å². The van der Waals surface area contributed by atoms with Crippen molar-refractivity contribution in [3.63, 3.8) is 0 Å². The first-order valence-electron chi connectivity index (χ1n) is 3.21. The van der Waals surface area contributed by atoms with Gasteiger partial charge < -0.3 is 5.73 Å². The average molecular weight is 131 g/mol. The van der Waals surface area contributed by atoms with E-state index in [4.69, 9.17) is 5.73 Å². The lowest BCUT2D eigenvalue weighted by Gasteiger charge is -2.18. The monoisotopic (exact) mass is 131 g/mol. The van der Waals surface area contributed by atoms with E-state index in [1.54, 1.807) is 0 Å². The second-order valence-corrected chi connectivity index (χ2v) is 3.47. The minimum atomic E-state index is 0.828. The molecular weight excluding hydrogens is 118 g/mol. The van der Waals surface area contributed by atoms with Crippen LogP contribution in [0.3, 0.4) is 0 Å². The van der Waals surface area contributed by atoms with Crippen molar-refractivity contribution in [3.8, 4) is 0 Å². The van der Waals surface area contributed by atoms with E-state index in [-0.39, 0.29) is 0 Å². The number of nitrogens with two attached hydrogens (primary N) is 1. The van der Waals surface area contributed by atoms with Crippen LogP contribution in [0.15, 0.2) is 0 Å². The highest BCUT2D eigenvalue weighted by molar-refractivity contribution is 7.99. The van der Waals surface area contributed by atoms with Gasteiger partial charge in [-0.2, -0.15) is 11.8 Å². The normalized spacial score (nSPS) is 30.4. The molecular formula is C6H13NS. The van der Waals surface area contributed by atoms with Gasteiger partial charge in [-0.3, -0.25) is 0 Å². The Balaban J connectivity index is 2.13. The van der Waals surface area contributed by atoms with Crippen molar-refractivity contribution >= 4 is 11.8 Å². The lowest BCUT2D eigenvalue weighted by molar-refractivity contribution is 0.535. The predicted octanol–water partition coefficient (Wildman–Crippen LogP) is 1.09. The molecule has 0 aliphatic carbocycles. The van der Waals surface area contributed by atoms with Crippen molar-refractivity contribution in [1.82, 2.24) is 0 Å². The summed E-state index contributed by atoms with van der Waals surface area (Å²) in [5.41, 5.74) is 5.49. The third-order valence-corrected chi connectivity index (χ3v) is 2.87. The maximum Gasteiger partial charge on any atom is -0.00271 e. The van der Waals surface area contributed by atoms with Crippen LogP contribution < -0.4 is 5.73 Å². The molecule has 0 radical (unpaired) electrons. The molecule has 0 aromatic rings. The van der Waals surface area contributed by atoms with E-state index < -0.39 is 0 Å². The third kappa shape index (κ3) is 1.67. The highest BCUT2D eigenvalue weighted by atomic mass is 32.2. The van der Waals surface area contributed by atoms with Gasteiger partial charge in [0.05, 0.1) is 0 Å². The predicted molar refractivity (Wildman–Crippen MR) is 39.1 cm³/mol. The van der Waals surface area contributed by atoms with Gasteiger partial charge in [0.1, 0.15) is 0 Å². The minimum absolute atomic E-state index is 0.828. The molecule has 0 saturated carbocycles. The zero-order chi connectivity index (χ0) is 5.82. The minimum Gasteiger partial charge on any atom is -0.330 e. The summed E-state index contributed by atoms with van der Waals surface area (Å²) in [6.45, 7) is 0.896. The largest absolute Gasteiger partial charge is 0.330 e. The fraction of sp³-hybridized carbons (Fsp3) is 1.00. The van der Waals surface area contributed by atoms with Crippen LogP contribution in [0.2, 0.25) is 0 Å². The highest BCUT2D eigenvalue weighted by Crippen LogP contribution is 2.20. The molecule has 1 unspecified atom stereocenters. The fourth-order valence-corrected chi connectivity index (χ4v) is 2.17. The number of hydrogen-bond acceptors (Lipinski definition) is 2. The van der Waals surface area contributed by atoms with E-state index in [2.05, 4.69) is 0 Å². The van der Waals surface area contributed by atoms with Crippen molar-refractivity contribution in [2.45, 2.75) is 12.8 Å². The first kappa shape index (κ1) is 6.43. The van der Waals surface area contributed by atoms with E-state index in [0.29, 0.717) is 0 Å². The quantitative estimate of drug-likeness (QED) is 0.576. The molecule has 48 valence electrons. The Morgan fingerprint density at radius 3 is 2.88 bits per heavy atom. The lowest BCUT2D eigenvalue weighted by atomic mass is 10.1. The standard InChI is InChI=1S/C6H13NS/c7-4-6-2-1-3-8-5-6/h6H,1-5,7H2. The number of thioether (sulfide) groups is 1. The Morgan fingerprint density at radius 2 is 2.50 bits per heavy atom. The SMILES string of the molecule is NCC1CCCSC1. The molecule has 1 nitrogen and oxygen atoms in total. The van der Waals surface area contributed by atoms with Gasteiger partial charge in [-0.1, -0.05) is 0 Å². The Bertz CT molecular complexity index is 59.5. The summed E-state index contributed by atoms with van der Waals surface area (Å²) in [5, 5.41) is 0. The summed E-state index contributed by atoms with van der Waals surface area (Å²) in [4.78, 5) is 0. The maximum atomic E-state index is 5.49. The van der Waals surface area contributed by atoms with Crippen LogP contribution in [-0.2, 0) is 0 Å². The molecule has 1 fully saturated rings. The Hall–Kier alpha value is 0.310. The summed E-state index contributed by atoms with van der Waals surface area (Å²) < 4.78 is 0. The molecule has 1 atom stereocenters. The second kappa shape index (κ2) is 3.36. The molecule has 2 heteroatoms. The summed E-state index contributed by atoms with van der Waals surface area (Å²) in [7, 11) is 0. The summed E-state index contributed by atoms with van der Waals surface area (Å²) in [5.74, 6) is 3.49. The van der Waals surface area contributed by atoms with Gasteiger partial charge in [-0.15, -0.1) is 0 Å². The van der Waals surface area contributed by atoms with Crippen LogP contribution >= 0.6 is 11.8 Å². The lowest BCUT2D eigenvalue weighted by Crippen LogP contribution is -2.19. The average Bonchev–Trinajstić information content (AvgIpc) is 1.90. The maximum absolute atomic E-state index is 5.49. The molecule has 2 N–H and O–H groups in total. The van der Waals surface area contributed by atoms with Crippen molar-refractivity contribution in [1.29, 1.82) is 0 Å². The van der Waals surface area contributed by atoms with Gasteiger partial charge in [-0.05, 0) is 36.8 Å². The van der Waals surface area contributed by atoms with Crippen LogP contribution in [-0.4, -0.2) is 18.1 Å². The second-order valence-electron chi connectivity index (χ2n) is 2.32. The topological polar surface area (TPSA) is 26.0 Å². The molecule has 1 heterocycles. The molecule has 1 rings (SSSR count). The summed E-state index contributed by atoms with van der Waals surface area (Å²) in [6.07, 6.45) is 2.75. The number of hydrogen-bond donors (Lipinski definition) is 1.